The van der Waals surface area contributed by atoms with E-state index >= 15 is 0 Å². The molecule has 0 aliphatic heterocycles. The average molecular weight is 214 g/mol. The first-order valence-electron chi connectivity index (χ1n) is 4.98. The quantitative estimate of drug-likeness (QED) is 0.651. The van der Waals surface area contributed by atoms with Gasteiger partial charge in [0.25, 0.3) is 0 Å². The fraction of sp³-hybridized carbons (Fsp3) is 0.250. The van der Waals surface area contributed by atoms with Crippen molar-refractivity contribution in [1.82, 2.24) is 0 Å². The highest BCUT2D eigenvalue weighted by molar-refractivity contribution is 5.31. The molecule has 0 heterocycles. The van der Waals surface area contributed by atoms with E-state index < -0.39 is 0 Å². The second-order valence-electron chi connectivity index (χ2n) is 3.54. The molecule has 0 heteroatoms. The van der Waals surface area contributed by atoms with Gasteiger partial charge in [0.05, 0.1) is 0 Å². The van der Waals surface area contributed by atoms with E-state index in [9.17, 15) is 0 Å². The van der Waals surface area contributed by atoms with Gasteiger partial charge in [0.2, 0.25) is 0 Å². The predicted molar refractivity (Wildman–Crippen MR) is 73.9 cm³/mol. The van der Waals surface area contributed by atoms with Crippen LogP contribution in [0.5, 0.6) is 0 Å². The third kappa shape index (κ3) is 3.23. The van der Waals surface area contributed by atoms with Gasteiger partial charge in [0.15, 0.2) is 0 Å². The molecule has 0 amide bonds. The van der Waals surface area contributed by atoms with Crippen molar-refractivity contribution in [3.63, 3.8) is 0 Å². The van der Waals surface area contributed by atoms with Crippen LogP contribution in [0.25, 0.3) is 0 Å². The predicted octanol–water partition coefficient (Wildman–Crippen LogP) is 5.11. The van der Waals surface area contributed by atoms with E-state index in [1.54, 1.807) is 0 Å². The van der Waals surface area contributed by atoms with Crippen LogP contribution in [0.2, 0.25) is 0 Å². The SMILES string of the molecule is C.C.CC(c1ccccc1)c1ccccc1. The second kappa shape index (κ2) is 6.84. The molecule has 16 heavy (non-hydrogen) atoms. The Morgan fingerprint density at radius 1 is 0.625 bits per heavy atom. The average Bonchev–Trinajstić information content (AvgIpc) is 2.30. The van der Waals surface area contributed by atoms with E-state index in [4.69, 9.17) is 0 Å². The Labute approximate surface area is 100.0 Å². The van der Waals surface area contributed by atoms with Crippen LogP contribution in [0.3, 0.4) is 0 Å². The molecule has 0 N–H and O–H groups in total. The monoisotopic (exact) mass is 214 g/mol. The Morgan fingerprint density at radius 3 is 1.25 bits per heavy atom. The van der Waals surface area contributed by atoms with Gasteiger partial charge in [-0.15, -0.1) is 0 Å². The van der Waals surface area contributed by atoms with Crippen LogP contribution >= 0.6 is 0 Å². The first kappa shape index (κ1) is 14.4. The molecule has 0 radical (unpaired) electrons. The molecular formula is C16H22. The van der Waals surface area contributed by atoms with Crippen molar-refractivity contribution < 1.29 is 0 Å². The summed E-state index contributed by atoms with van der Waals surface area (Å²) in [5, 5.41) is 0. The minimum absolute atomic E-state index is 0. The zero-order valence-electron chi connectivity index (χ0n) is 8.35. The first-order valence-corrected chi connectivity index (χ1v) is 4.98. The van der Waals surface area contributed by atoms with Gasteiger partial charge in [-0.2, -0.15) is 0 Å². The Balaban J connectivity index is 0.00000112. The fourth-order valence-electron chi connectivity index (χ4n) is 1.68. The summed E-state index contributed by atoms with van der Waals surface area (Å²) in [5.74, 6) is 0.484. The topological polar surface area (TPSA) is 0 Å². The third-order valence-corrected chi connectivity index (χ3v) is 2.60. The highest BCUT2D eigenvalue weighted by atomic mass is 14.1. The van der Waals surface area contributed by atoms with Gasteiger partial charge in [-0.25, -0.2) is 0 Å². The Kier molecular flexibility index (Phi) is 6.17. The third-order valence-electron chi connectivity index (χ3n) is 2.60. The summed E-state index contributed by atoms with van der Waals surface area (Å²) in [7, 11) is 0. The van der Waals surface area contributed by atoms with Crippen LogP contribution in [0, 0.1) is 0 Å². The zero-order chi connectivity index (χ0) is 9.80. The molecule has 0 fully saturated rings. The van der Waals surface area contributed by atoms with E-state index in [2.05, 4.69) is 67.6 Å². The first-order chi connectivity index (χ1) is 6.88. The molecule has 0 bridgehead atoms. The lowest BCUT2D eigenvalue weighted by Gasteiger charge is -2.11. The molecule has 0 aliphatic rings. The molecule has 2 aromatic rings. The molecule has 86 valence electrons. The van der Waals surface area contributed by atoms with E-state index in [0.29, 0.717) is 5.92 Å². The summed E-state index contributed by atoms with van der Waals surface area (Å²) in [6, 6.07) is 21.2. The highest BCUT2D eigenvalue weighted by Gasteiger charge is 2.05. The molecule has 2 rings (SSSR count). The van der Waals surface area contributed by atoms with E-state index in [0.717, 1.165) is 0 Å². The zero-order valence-corrected chi connectivity index (χ0v) is 8.35. The van der Waals surface area contributed by atoms with Crippen molar-refractivity contribution in [3.8, 4) is 0 Å². The number of hydrogen-bond donors (Lipinski definition) is 0. The Morgan fingerprint density at radius 2 is 0.938 bits per heavy atom. The molecule has 0 aromatic heterocycles. The highest BCUT2D eigenvalue weighted by Crippen LogP contribution is 2.22. The summed E-state index contributed by atoms with van der Waals surface area (Å²) < 4.78 is 0. The van der Waals surface area contributed by atoms with Gasteiger partial charge in [0.1, 0.15) is 0 Å². The van der Waals surface area contributed by atoms with E-state index in [-0.39, 0.29) is 14.9 Å². The smallest absolute Gasteiger partial charge is 0.00610 e. The van der Waals surface area contributed by atoms with Crippen LogP contribution in [0.15, 0.2) is 60.7 Å². The molecule has 0 spiro atoms. The van der Waals surface area contributed by atoms with Crippen LogP contribution in [0.1, 0.15) is 38.8 Å². The summed E-state index contributed by atoms with van der Waals surface area (Å²) in [4.78, 5) is 0. The van der Waals surface area contributed by atoms with Crippen molar-refractivity contribution >= 4 is 0 Å². The van der Waals surface area contributed by atoms with Gasteiger partial charge >= 0.3 is 0 Å². The van der Waals surface area contributed by atoms with Crippen molar-refractivity contribution in [2.75, 3.05) is 0 Å². The van der Waals surface area contributed by atoms with E-state index in [1.165, 1.54) is 11.1 Å². The number of benzene rings is 2. The molecular weight excluding hydrogens is 192 g/mol. The van der Waals surface area contributed by atoms with Gasteiger partial charge in [-0.1, -0.05) is 82.4 Å². The van der Waals surface area contributed by atoms with Gasteiger partial charge in [0, 0.05) is 5.92 Å². The maximum Gasteiger partial charge on any atom is 0.00610 e. The maximum absolute atomic E-state index is 2.24. The van der Waals surface area contributed by atoms with Crippen LogP contribution in [-0.2, 0) is 0 Å². The lowest BCUT2D eigenvalue weighted by atomic mass is 9.93. The van der Waals surface area contributed by atoms with Crippen molar-refractivity contribution in [2.24, 2.45) is 0 Å². The molecule has 2 aromatic carbocycles. The normalized spacial score (nSPS) is 9.12. The molecule has 0 aliphatic carbocycles. The van der Waals surface area contributed by atoms with Gasteiger partial charge in [-0.05, 0) is 11.1 Å². The van der Waals surface area contributed by atoms with Crippen molar-refractivity contribution in [3.05, 3.63) is 71.8 Å². The largest absolute Gasteiger partial charge is 0.0776 e. The maximum atomic E-state index is 2.24. The van der Waals surface area contributed by atoms with Crippen LogP contribution in [-0.4, -0.2) is 0 Å². The second-order valence-corrected chi connectivity index (χ2v) is 3.54. The molecule has 0 unspecified atom stereocenters. The molecule has 0 saturated carbocycles. The van der Waals surface area contributed by atoms with Gasteiger partial charge in [-0.3, -0.25) is 0 Å². The Bertz CT molecular complexity index is 336. The number of hydrogen-bond acceptors (Lipinski definition) is 0. The van der Waals surface area contributed by atoms with Crippen molar-refractivity contribution in [2.45, 2.75) is 27.7 Å². The minimum Gasteiger partial charge on any atom is -0.0776 e. The fourth-order valence-corrected chi connectivity index (χ4v) is 1.68. The lowest BCUT2D eigenvalue weighted by molar-refractivity contribution is 0.922. The molecule has 0 nitrogen and oxygen atoms in total. The van der Waals surface area contributed by atoms with E-state index in [1.807, 2.05) is 0 Å². The molecule has 0 saturated heterocycles. The summed E-state index contributed by atoms with van der Waals surface area (Å²) in [6.45, 7) is 2.24. The standard InChI is InChI=1S/C14H14.2CH4/c1-12(13-8-4-2-5-9-13)14-10-6-3-7-11-14;;/h2-12H,1H3;2*1H4. The molecule has 0 atom stereocenters. The summed E-state index contributed by atoms with van der Waals surface area (Å²) in [6.07, 6.45) is 0. The van der Waals surface area contributed by atoms with Gasteiger partial charge < -0.3 is 0 Å². The summed E-state index contributed by atoms with van der Waals surface area (Å²) in [5.41, 5.74) is 2.75. The van der Waals surface area contributed by atoms with Crippen LogP contribution < -0.4 is 0 Å². The summed E-state index contributed by atoms with van der Waals surface area (Å²) >= 11 is 0. The number of rotatable bonds is 2. The van der Waals surface area contributed by atoms with Crippen molar-refractivity contribution in [1.29, 1.82) is 0 Å². The van der Waals surface area contributed by atoms with Crippen LogP contribution in [0.4, 0.5) is 0 Å². The Hall–Kier alpha value is -1.56. The lowest BCUT2D eigenvalue weighted by Crippen LogP contribution is -1.94. The minimum atomic E-state index is 0.